The number of aliphatic imine (C=N–C) groups is 1. The Bertz CT molecular complexity index is 542. The first-order valence-electron chi connectivity index (χ1n) is 9.33. The second-order valence-electron chi connectivity index (χ2n) is 6.13. The molecular weight excluding hydrogens is 312 g/mol. The normalized spacial score (nSPS) is 14.8. The Labute approximate surface area is 152 Å². The van der Waals surface area contributed by atoms with E-state index < -0.39 is 0 Å². The minimum absolute atomic E-state index is 0.762. The van der Waals surface area contributed by atoms with Crippen molar-refractivity contribution in [1.29, 1.82) is 0 Å². The van der Waals surface area contributed by atoms with Gasteiger partial charge in [0.25, 0.3) is 0 Å². The van der Waals surface area contributed by atoms with Crippen molar-refractivity contribution in [3.63, 3.8) is 0 Å². The lowest BCUT2D eigenvalue weighted by molar-refractivity contribution is 0.153. The van der Waals surface area contributed by atoms with Crippen LogP contribution in [0.15, 0.2) is 47.0 Å². The number of nitrogens with one attached hydrogen (secondary N) is 2. The van der Waals surface area contributed by atoms with Gasteiger partial charge >= 0.3 is 0 Å². The molecule has 25 heavy (non-hydrogen) atoms. The van der Waals surface area contributed by atoms with Crippen molar-refractivity contribution >= 4 is 11.6 Å². The molecule has 0 atom stereocenters. The zero-order valence-electron chi connectivity index (χ0n) is 15.6. The van der Waals surface area contributed by atoms with Crippen molar-refractivity contribution in [2.45, 2.75) is 26.2 Å². The molecule has 138 valence electrons. The van der Waals surface area contributed by atoms with Crippen molar-refractivity contribution in [2.75, 3.05) is 51.3 Å². The van der Waals surface area contributed by atoms with Gasteiger partial charge in [-0.1, -0.05) is 29.8 Å². The third-order valence-electron chi connectivity index (χ3n) is 4.42. The van der Waals surface area contributed by atoms with E-state index in [2.05, 4.69) is 63.9 Å². The predicted octanol–water partition coefficient (Wildman–Crippen LogP) is 2.80. The maximum Gasteiger partial charge on any atom is 0.190 e. The van der Waals surface area contributed by atoms with Gasteiger partial charge < -0.3 is 20.3 Å². The second kappa shape index (κ2) is 11.5. The summed E-state index contributed by atoms with van der Waals surface area (Å²) in [6.07, 6.45) is 5.39. The number of guanidine groups is 1. The summed E-state index contributed by atoms with van der Waals surface area (Å²) in [5.74, 6) is 0.885. The number of nitrogens with zero attached hydrogens (tertiary/aromatic N) is 2. The van der Waals surface area contributed by atoms with Crippen molar-refractivity contribution < 1.29 is 4.74 Å². The van der Waals surface area contributed by atoms with E-state index >= 15 is 0 Å². The fourth-order valence-electron chi connectivity index (χ4n) is 2.94. The van der Waals surface area contributed by atoms with Gasteiger partial charge in [-0.25, -0.2) is 0 Å². The molecular formula is C20H32N4O. The number of anilines is 1. The predicted molar refractivity (Wildman–Crippen MR) is 106 cm³/mol. The van der Waals surface area contributed by atoms with E-state index in [9.17, 15) is 0 Å². The molecule has 1 aliphatic rings. The molecule has 0 bridgehead atoms. The molecule has 1 aliphatic heterocycles. The molecule has 1 aromatic rings. The summed E-state index contributed by atoms with van der Waals surface area (Å²) in [5.41, 5.74) is 2.77. The SMILES string of the molecule is CCN(CCCNC(=NC)NCCC1=CCOCC1)c1ccccc1. The van der Waals surface area contributed by atoms with Crippen LogP contribution in [-0.2, 0) is 4.74 Å². The highest BCUT2D eigenvalue weighted by Gasteiger charge is 2.05. The van der Waals surface area contributed by atoms with E-state index in [1.165, 1.54) is 11.3 Å². The third kappa shape index (κ3) is 7.18. The summed E-state index contributed by atoms with van der Waals surface area (Å²) in [6, 6.07) is 10.6. The number of rotatable bonds is 9. The van der Waals surface area contributed by atoms with Crippen LogP contribution in [0.25, 0.3) is 0 Å². The molecule has 0 saturated carbocycles. The van der Waals surface area contributed by atoms with E-state index in [1.54, 1.807) is 0 Å². The summed E-state index contributed by atoms with van der Waals surface area (Å²) >= 11 is 0. The molecule has 0 saturated heterocycles. The first kappa shape index (κ1) is 19.3. The van der Waals surface area contributed by atoms with E-state index in [0.29, 0.717) is 0 Å². The fraction of sp³-hybridized carbons (Fsp3) is 0.550. The van der Waals surface area contributed by atoms with Gasteiger partial charge in [0.05, 0.1) is 13.2 Å². The van der Waals surface area contributed by atoms with Crippen molar-refractivity contribution in [2.24, 2.45) is 4.99 Å². The largest absolute Gasteiger partial charge is 0.377 e. The maximum atomic E-state index is 5.34. The Morgan fingerprint density at radius 3 is 2.68 bits per heavy atom. The molecule has 1 heterocycles. The van der Waals surface area contributed by atoms with Crippen LogP contribution in [-0.4, -0.2) is 52.4 Å². The monoisotopic (exact) mass is 344 g/mol. The number of para-hydroxylation sites is 1. The highest BCUT2D eigenvalue weighted by molar-refractivity contribution is 5.79. The Morgan fingerprint density at radius 2 is 2.00 bits per heavy atom. The van der Waals surface area contributed by atoms with Gasteiger partial charge in [-0.3, -0.25) is 4.99 Å². The lowest BCUT2D eigenvalue weighted by Crippen LogP contribution is -2.39. The quantitative estimate of drug-likeness (QED) is 0.313. The summed E-state index contributed by atoms with van der Waals surface area (Å²) in [4.78, 5) is 6.70. The summed E-state index contributed by atoms with van der Waals surface area (Å²) in [5, 5.41) is 6.80. The van der Waals surface area contributed by atoms with Crippen LogP contribution in [0, 0.1) is 0 Å². The van der Waals surface area contributed by atoms with E-state index in [-0.39, 0.29) is 0 Å². The Balaban J connectivity index is 1.62. The average molecular weight is 345 g/mol. The minimum Gasteiger partial charge on any atom is -0.377 e. The molecule has 0 aliphatic carbocycles. The minimum atomic E-state index is 0.762. The molecule has 0 radical (unpaired) electrons. The van der Waals surface area contributed by atoms with Crippen LogP contribution in [0.2, 0.25) is 0 Å². The van der Waals surface area contributed by atoms with Crippen LogP contribution >= 0.6 is 0 Å². The van der Waals surface area contributed by atoms with E-state index in [0.717, 1.165) is 64.6 Å². The highest BCUT2D eigenvalue weighted by Crippen LogP contribution is 2.13. The summed E-state index contributed by atoms with van der Waals surface area (Å²) in [7, 11) is 1.82. The van der Waals surface area contributed by atoms with Crippen LogP contribution in [0.3, 0.4) is 0 Å². The Hall–Kier alpha value is -2.01. The van der Waals surface area contributed by atoms with Crippen LogP contribution < -0.4 is 15.5 Å². The standard InChI is InChI=1S/C20H32N4O/c1-3-24(19-8-5-4-6-9-19)15-7-13-22-20(21-2)23-14-10-18-11-16-25-17-12-18/h4-6,8-9,11H,3,7,10,12-17H2,1-2H3,(H2,21,22,23). The van der Waals surface area contributed by atoms with Crippen LogP contribution in [0.4, 0.5) is 5.69 Å². The molecule has 1 aromatic carbocycles. The molecule has 0 spiro atoms. The van der Waals surface area contributed by atoms with Crippen LogP contribution in [0.1, 0.15) is 26.2 Å². The van der Waals surface area contributed by atoms with Gasteiger partial charge in [-0.15, -0.1) is 0 Å². The zero-order valence-corrected chi connectivity index (χ0v) is 15.6. The number of hydrogen-bond acceptors (Lipinski definition) is 3. The second-order valence-corrected chi connectivity index (χ2v) is 6.13. The molecule has 0 fully saturated rings. The molecule has 0 aromatic heterocycles. The molecule has 2 N–H and O–H groups in total. The molecule has 2 rings (SSSR count). The maximum absolute atomic E-state index is 5.34. The molecule has 5 nitrogen and oxygen atoms in total. The van der Waals surface area contributed by atoms with Gasteiger partial charge in [0.1, 0.15) is 0 Å². The Kier molecular flexibility index (Phi) is 8.91. The van der Waals surface area contributed by atoms with Crippen molar-refractivity contribution in [3.05, 3.63) is 42.0 Å². The molecule has 0 unspecified atom stereocenters. The van der Waals surface area contributed by atoms with E-state index in [4.69, 9.17) is 4.74 Å². The van der Waals surface area contributed by atoms with Gasteiger partial charge in [0.15, 0.2) is 5.96 Å². The Morgan fingerprint density at radius 1 is 1.20 bits per heavy atom. The smallest absolute Gasteiger partial charge is 0.190 e. The van der Waals surface area contributed by atoms with Gasteiger partial charge in [0, 0.05) is 38.9 Å². The fourth-order valence-corrected chi connectivity index (χ4v) is 2.94. The average Bonchev–Trinajstić information content (AvgIpc) is 2.68. The number of hydrogen-bond donors (Lipinski definition) is 2. The lowest BCUT2D eigenvalue weighted by atomic mass is 10.1. The molecule has 0 amide bonds. The number of ether oxygens (including phenoxy) is 1. The summed E-state index contributed by atoms with van der Waals surface area (Å²) in [6.45, 7) is 7.71. The lowest BCUT2D eigenvalue weighted by Gasteiger charge is -2.23. The van der Waals surface area contributed by atoms with Crippen LogP contribution in [0.5, 0.6) is 0 Å². The topological polar surface area (TPSA) is 48.9 Å². The van der Waals surface area contributed by atoms with Crippen molar-refractivity contribution in [3.8, 4) is 0 Å². The first-order chi connectivity index (χ1) is 12.3. The zero-order chi connectivity index (χ0) is 17.7. The summed E-state index contributed by atoms with van der Waals surface area (Å²) < 4.78 is 5.34. The first-order valence-corrected chi connectivity index (χ1v) is 9.33. The van der Waals surface area contributed by atoms with Gasteiger partial charge in [0.2, 0.25) is 0 Å². The van der Waals surface area contributed by atoms with Gasteiger partial charge in [-0.2, -0.15) is 0 Å². The van der Waals surface area contributed by atoms with Gasteiger partial charge in [-0.05, 0) is 38.3 Å². The van der Waals surface area contributed by atoms with E-state index in [1.807, 2.05) is 7.05 Å². The third-order valence-corrected chi connectivity index (χ3v) is 4.42. The highest BCUT2D eigenvalue weighted by atomic mass is 16.5. The number of benzene rings is 1. The molecule has 5 heteroatoms. The van der Waals surface area contributed by atoms with Crippen molar-refractivity contribution in [1.82, 2.24) is 10.6 Å².